The smallest absolute Gasteiger partial charge is 0.333 e. The highest BCUT2D eigenvalue weighted by Crippen LogP contribution is 2.48. The second-order valence-electron chi connectivity index (χ2n) is 16.4. The highest BCUT2D eigenvalue weighted by atomic mass is 35.5. The van der Waals surface area contributed by atoms with Gasteiger partial charge in [-0.25, -0.2) is 37.4 Å². The molecule has 4 amide bonds. The van der Waals surface area contributed by atoms with E-state index in [2.05, 4.69) is 41.3 Å². The molecule has 18 heteroatoms. The Kier molecular flexibility index (Phi) is 11.8. The van der Waals surface area contributed by atoms with Crippen molar-refractivity contribution < 1.29 is 36.1 Å². The van der Waals surface area contributed by atoms with E-state index in [1.807, 2.05) is 27.7 Å². The average molecular weight is 878 g/mol. The molecule has 5 aromatic rings. The first-order valence-corrected chi connectivity index (χ1v) is 23.2. The van der Waals surface area contributed by atoms with Gasteiger partial charge in [0, 0.05) is 22.6 Å². The third-order valence-corrected chi connectivity index (χ3v) is 14.1. The predicted molar refractivity (Wildman–Crippen MR) is 227 cm³/mol. The molecule has 2 atom stereocenters. The van der Waals surface area contributed by atoms with Gasteiger partial charge in [-0.15, -0.1) is 0 Å². The summed E-state index contributed by atoms with van der Waals surface area (Å²) in [5, 5.41) is 20.6. The molecule has 15 nitrogen and oxygen atoms in total. The SMILES string of the molecule is CCc1noc2ncc(S(=O)(=O)NC(=O)Nc3c(C(C)C)cc(Cl)cc3C(C)CC3CCc4c3cc3c(c4NC(=O)NS(=O)(=O)c4cc(C(C)(C)O)ccn4)CCC3)cc12. The van der Waals surface area contributed by atoms with Crippen molar-refractivity contribution in [1.82, 2.24) is 24.6 Å². The highest BCUT2D eigenvalue weighted by molar-refractivity contribution is 7.90. The van der Waals surface area contributed by atoms with Crippen molar-refractivity contribution in [2.45, 2.75) is 120 Å². The van der Waals surface area contributed by atoms with E-state index in [-0.39, 0.29) is 28.4 Å². The van der Waals surface area contributed by atoms with Crippen molar-refractivity contribution in [2.24, 2.45) is 0 Å². The minimum absolute atomic E-state index is 0.0402. The summed E-state index contributed by atoms with van der Waals surface area (Å²) in [5.41, 5.74) is 6.40. The Hall–Kier alpha value is -5.10. The van der Waals surface area contributed by atoms with E-state index >= 15 is 0 Å². The predicted octanol–water partition coefficient (Wildman–Crippen LogP) is 7.92. The summed E-state index contributed by atoms with van der Waals surface area (Å²) in [6, 6.07) is 8.02. The minimum Gasteiger partial charge on any atom is -0.386 e. The number of sulfonamides is 2. The Morgan fingerprint density at radius 1 is 0.917 bits per heavy atom. The zero-order valence-electron chi connectivity index (χ0n) is 34.1. The summed E-state index contributed by atoms with van der Waals surface area (Å²) >= 11 is 6.69. The first-order chi connectivity index (χ1) is 28.3. The van der Waals surface area contributed by atoms with Crippen LogP contribution in [0.5, 0.6) is 0 Å². The average Bonchev–Trinajstić information content (AvgIpc) is 3.93. The minimum atomic E-state index is -4.38. The number of carbonyl (C=O) groups excluding carboxylic acids is 2. The molecule has 2 aromatic carbocycles. The molecule has 60 heavy (non-hydrogen) atoms. The molecule has 318 valence electrons. The van der Waals surface area contributed by atoms with Crippen molar-refractivity contribution in [2.75, 3.05) is 10.6 Å². The lowest BCUT2D eigenvalue weighted by atomic mass is 9.83. The van der Waals surface area contributed by atoms with Gasteiger partial charge in [0.15, 0.2) is 5.03 Å². The summed E-state index contributed by atoms with van der Waals surface area (Å²) in [5.74, 6) is -0.228. The fourth-order valence-electron chi connectivity index (χ4n) is 8.34. The molecule has 0 aliphatic heterocycles. The number of nitrogens with zero attached hydrogens (tertiary/aromatic N) is 3. The topological polar surface area (TPSA) is 223 Å². The van der Waals surface area contributed by atoms with Crippen LogP contribution in [0.2, 0.25) is 5.02 Å². The molecule has 0 saturated carbocycles. The number of aromatic nitrogens is 3. The number of hydrogen-bond acceptors (Lipinski definition) is 11. The van der Waals surface area contributed by atoms with Crippen LogP contribution in [0.3, 0.4) is 0 Å². The summed E-state index contributed by atoms with van der Waals surface area (Å²) < 4.78 is 62.8. The molecule has 2 unspecified atom stereocenters. The van der Waals surface area contributed by atoms with Crippen LogP contribution < -0.4 is 20.1 Å². The van der Waals surface area contributed by atoms with E-state index in [0.717, 1.165) is 65.3 Å². The van der Waals surface area contributed by atoms with Gasteiger partial charge in [-0.1, -0.05) is 50.5 Å². The zero-order chi connectivity index (χ0) is 43.3. The van der Waals surface area contributed by atoms with Gasteiger partial charge in [0.1, 0.15) is 4.90 Å². The molecular weight excluding hydrogens is 830 g/mol. The number of aryl methyl sites for hydroxylation is 2. The maximum Gasteiger partial charge on any atom is 0.333 e. The Labute approximate surface area is 354 Å². The second kappa shape index (κ2) is 16.4. The van der Waals surface area contributed by atoms with E-state index in [9.17, 15) is 31.5 Å². The monoisotopic (exact) mass is 877 g/mol. The van der Waals surface area contributed by atoms with Crippen LogP contribution >= 0.6 is 11.6 Å². The van der Waals surface area contributed by atoms with Gasteiger partial charge in [0.25, 0.3) is 25.8 Å². The van der Waals surface area contributed by atoms with Crippen LogP contribution in [-0.4, -0.2) is 49.1 Å². The van der Waals surface area contributed by atoms with Gasteiger partial charge in [-0.2, -0.15) is 8.42 Å². The van der Waals surface area contributed by atoms with Gasteiger partial charge in [-0.05, 0) is 146 Å². The number of pyridine rings is 2. The second-order valence-corrected chi connectivity index (χ2v) is 20.1. The Morgan fingerprint density at radius 3 is 2.32 bits per heavy atom. The van der Waals surface area contributed by atoms with E-state index in [1.165, 1.54) is 38.2 Å². The molecule has 7 rings (SSSR count). The van der Waals surface area contributed by atoms with Crippen molar-refractivity contribution in [3.05, 3.63) is 98.5 Å². The lowest BCUT2D eigenvalue weighted by Crippen LogP contribution is -2.35. The van der Waals surface area contributed by atoms with Crippen LogP contribution in [0.4, 0.5) is 21.0 Å². The quantitative estimate of drug-likeness (QED) is 0.0810. The van der Waals surface area contributed by atoms with Crippen LogP contribution in [0, 0.1) is 0 Å². The lowest BCUT2D eigenvalue weighted by molar-refractivity contribution is 0.0782. The number of halogens is 1. The first kappa shape index (κ1) is 43.0. The van der Waals surface area contributed by atoms with Crippen molar-refractivity contribution >= 4 is 66.2 Å². The zero-order valence-corrected chi connectivity index (χ0v) is 36.5. The first-order valence-electron chi connectivity index (χ1n) is 19.9. The van der Waals surface area contributed by atoms with Gasteiger partial charge in [0.2, 0.25) is 0 Å². The molecule has 2 aliphatic rings. The number of fused-ring (bicyclic) bond motifs is 3. The van der Waals surface area contributed by atoms with E-state index in [1.54, 1.807) is 12.1 Å². The molecule has 5 N–H and O–H groups in total. The van der Waals surface area contributed by atoms with Gasteiger partial charge in [0.05, 0.1) is 22.9 Å². The normalized spacial score (nSPS) is 15.8. The maximum atomic E-state index is 13.6. The van der Waals surface area contributed by atoms with Crippen LogP contribution in [0.25, 0.3) is 11.1 Å². The molecule has 0 radical (unpaired) electrons. The fraction of sp³-hybridized carbons (Fsp3) is 0.405. The van der Waals surface area contributed by atoms with Crippen LogP contribution in [0.1, 0.15) is 123 Å². The van der Waals surface area contributed by atoms with E-state index < -0.39 is 42.7 Å². The van der Waals surface area contributed by atoms with Crippen LogP contribution in [-0.2, 0) is 51.3 Å². The molecule has 2 aliphatic carbocycles. The highest BCUT2D eigenvalue weighted by Gasteiger charge is 2.33. The Morgan fingerprint density at radius 2 is 1.62 bits per heavy atom. The Balaban J connectivity index is 1.13. The van der Waals surface area contributed by atoms with Gasteiger partial charge in [-0.3, -0.25) is 0 Å². The molecular formula is C42H48ClN7O8S2. The van der Waals surface area contributed by atoms with Crippen molar-refractivity contribution in [3.63, 3.8) is 0 Å². The largest absolute Gasteiger partial charge is 0.386 e. The summed E-state index contributed by atoms with van der Waals surface area (Å²) in [4.78, 5) is 34.8. The number of amides is 4. The Bertz CT molecular complexity index is 2750. The van der Waals surface area contributed by atoms with Gasteiger partial charge >= 0.3 is 12.1 Å². The number of nitrogens with one attached hydrogen (secondary N) is 4. The van der Waals surface area contributed by atoms with Gasteiger partial charge < -0.3 is 20.3 Å². The van der Waals surface area contributed by atoms with Crippen molar-refractivity contribution in [1.29, 1.82) is 0 Å². The lowest BCUT2D eigenvalue weighted by Gasteiger charge is -2.25. The molecule has 0 saturated heterocycles. The number of urea groups is 2. The van der Waals surface area contributed by atoms with E-state index in [0.29, 0.717) is 52.3 Å². The van der Waals surface area contributed by atoms with E-state index in [4.69, 9.17) is 16.1 Å². The fourth-order valence-corrected chi connectivity index (χ4v) is 10.3. The summed E-state index contributed by atoms with van der Waals surface area (Å²) in [7, 11) is -8.73. The van der Waals surface area contributed by atoms with Crippen LogP contribution in [0.15, 0.2) is 63.2 Å². The number of benzene rings is 2. The van der Waals surface area contributed by atoms with Crippen molar-refractivity contribution in [3.8, 4) is 0 Å². The number of hydrogen-bond donors (Lipinski definition) is 5. The third-order valence-electron chi connectivity index (χ3n) is 11.4. The number of anilines is 2. The summed E-state index contributed by atoms with van der Waals surface area (Å²) in [6.45, 7) is 10.8. The molecule has 3 heterocycles. The molecule has 0 fully saturated rings. The third kappa shape index (κ3) is 8.71. The molecule has 0 bridgehead atoms. The molecule has 3 aromatic heterocycles. The number of aliphatic hydroxyl groups is 1. The molecule has 0 spiro atoms. The maximum absolute atomic E-state index is 13.6. The standard InChI is InChI=1S/C42H48ClN7O8S2/c1-7-35-34-20-28(21-45-39(34)58-48-35)59(54,55)49-40(51)47-38-31(22(2)3)18-27(43)19-32(38)23(4)15-25-11-12-30-33(25)16-24-9-8-10-29(24)37(30)46-41(52)50-60(56,57)36-17-26(13-14-44-36)42(5,6)53/h13-14,16-23,25,53H,7-12,15H2,1-6H3,(H2,46,50,52)(H2,47,49,51). The number of carbonyl (C=O) groups is 2. The summed E-state index contributed by atoms with van der Waals surface area (Å²) in [6.07, 6.45) is 7.35. The number of rotatable bonds is 12.